The summed E-state index contributed by atoms with van der Waals surface area (Å²) in [6, 6.07) is 4.14. The lowest BCUT2D eigenvalue weighted by Crippen LogP contribution is -2.48. The monoisotopic (exact) mass is 366 g/mol. The van der Waals surface area contributed by atoms with Crippen LogP contribution in [0.3, 0.4) is 0 Å². The molecule has 2 aromatic rings. The first-order valence-corrected chi connectivity index (χ1v) is 9.53. The summed E-state index contributed by atoms with van der Waals surface area (Å²) in [7, 11) is 0. The van der Waals surface area contributed by atoms with Gasteiger partial charge in [0.05, 0.1) is 5.69 Å². The fraction of sp³-hybridized carbons (Fsp3) is 0.526. The molecule has 0 unspecified atom stereocenters. The van der Waals surface area contributed by atoms with E-state index < -0.39 is 0 Å². The number of nitrogens with zero attached hydrogens (tertiary/aromatic N) is 7. The van der Waals surface area contributed by atoms with Gasteiger partial charge < -0.3 is 10.2 Å². The number of piperazine rings is 1. The van der Waals surface area contributed by atoms with Crippen LogP contribution in [0.15, 0.2) is 18.5 Å². The van der Waals surface area contributed by atoms with Gasteiger partial charge in [0.15, 0.2) is 5.82 Å². The molecule has 0 aliphatic carbocycles. The molecule has 0 radical (unpaired) electrons. The summed E-state index contributed by atoms with van der Waals surface area (Å²) in [5, 5.41) is 21.4. The van der Waals surface area contributed by atoms with Crippen LogP contribution in [0.2, 0.25) is 0 Å². The smallest absolute Gasteiger partial charge is 0.225 e. The SMILES string of the molecule is CCc1nnc(NCCN2CCN(c3ncccn3)CC2)c(C#N)c1CC. The van der Waals surface area contributed by atoms with Crippen molar-refractivity contribution in [2.75, 3.05) is 49.5 Å². The summed E-state index contributed by atoms with van der Waals surface area (Å²) in [4.78, 5) is 13.2. The molecule has 0 bridgehead atoms. The summed E-state index contributed by atoms with van der Waals surface area (Å²) in [5.74, 6) is 1.40. The maximum Gasteiger partial charge on any atom is 0.225 e. The Morgan fingerprint density at radius 1 is 1.07 bits per heavy atom. The van der Waals surface area contributed by atoms with Crippen molar-refractivity contribution in [3.8, 4) is 6.07 Å². The van der Waals surface area contributed by atoms with E-state index in [1.54, 1.807) is 12.4 Å². The Morgan fingerprint density at radius 3 is 2.44 bits per heavy atom. The van der Waals surface area contributed by atoms with Gasteiger partial charge in [0.1, 0.15) is 11.6 Å². The Balaban J connectivity index is 1.52. The van der Waals surface area contributed by atoms with Crippen molar-refractivity contribution in [1.82, 2.24) is 25.1 Å². The number of hydrogen-bond acceptors (Lipinski definition) is 8. The molecule has 0 amide bonds. The molecule has 1 fully saturated rings. The van der Waals surface area contributed by atoms with Gasteiger partial charge in [0, 0.05) is 51.7 Å². The van der Waals surface area contributed by atoms with Crippen LogP contribution in [-0.4, -0.2) is 64.3 Å². The fourth-order valence-corrected chi connectivity index (χ4v) is 3.38. The second-order valence-corrected chi connectivity index (χ2v) is 6.47. The van der Waals surface area contributed by atoms with Crippen molar-refractivity contribution in [3.05, 3.63) is 35.3 Å². The van der Waals surface area contributed by atoms with E-state index in [9.17, 15) is 5.26 Å². The number of rotatable bonds is 7. The average Bonchev–Trinajstić information content (AvgIpc) is 2.74. The third-order valence-corrected chi connectivity index (χ3v) is 4.89. The molecule has 1 aliphatic heterocycles. The van der Waals surface area contributed by atoms with Crippen LogP contribution in [0, 0.1) is 11.3 Å². The van der Waals surface area contributed by atoms with Gasteiger partial charge in [0.2, 0.25) is 5.95 Å². The van der Waals surface area contributed by atoms with E-state index in [-0.39, 0.29) is 0 Å². The van der Waals surface area contributed by atoms with Gasteiger partial charge in [-0.25, -0.2) is 9.97 Å². The molecule has 3 rings (SSSR count). The molecule has 27 heavy (non-hydrogen) atoms. The number of nitriles is 1. The minimum Gasteiger partial charge on any atom is -0.366 e. The molecule has 1 aliphatic rings. The van der Waals surface area contributed by atoms with E-state index in [1.165, 1.54) is 0 Å². The van der Waals surface area contributed by atoms with Gasteiger partial charge in [0.25, 0.3) is 0 Å². The van der Waals surface area contributed by atoms with Crippen LogP contribution in [0.5, 0.6) is 0 Å². The molecule has 3 heterocycles. The number of aromatic nitrogens is 4. The predicted octanol–water partition coefficient (Wildman–Crippen LogP) is 1.50. The second-order valence-electron chi connectivity index (χ2n) is 6.47. The van der Waals surface area contributed by atoms with Crippen LogP contribution < -0.4 is 10.2 Å². The maximum atomic E-state index is 9.55. The summed E-state index contributed by atoms with van der Waals surface area (Å²) < 4.78 is 0. The summed E-state index contributed by atoms with van der Waals surface area (Å²) >= 11 is 0. The molecule has 0 aromatic carbocycles. The van der Waals surface area contributed by atoms with Crippen LogP contribution in [0.4, 0.5) is 11.8 Å². The lowest BCUT2D eigenvalue weighted by Gasteiger charge is -2.34. The quantitative estimate of drug-likeness (QED) is 0.788. The number of nitrogens with one attached hydrogen (secondary N) is 1. The maximum absolute atomic E-state index is 9.55. The third-order valence-electron chi connectivity index (χ3n) is 4.89. The average molecular weight is 366 g/mol. The minimum absolute atomic E-state index is 0.600. The molecular weight excluding hydrogens is 340 g/mol. The summed E-state index contributed by atoms with van der Waals surface area (Å²) in [5.41, 5.74) is 2.56. The standard InChI is InChI=1S/C19H26N8/c1-3-15-16(14-20)18(25-24-17(15)4-2)21-8-9-26-10-12-27(13-11-26)19-22-6-5-7-23-19/h5-7H,3-4,8-13H2,1-2H3,(H,21,25). The molecule has 142 valence electrons. The van der Waals surface area contributed by atoms with Gasteiger partial charge in [-0.3, -0.25) is 4.90 Å². The van der Waals surface area contributed by atoms with Gasteiger partial charge in [-0.2, -0.15) is 10.4 Å². The molecule has 1 saturated heterocycles. The predicted molar refractivity (Wildman–Crippen MR) is 105 cm³/mol. The number of hydrogen-bond donors (Lipinski definition) is 1. The Hall–Kier alpha value is -2.79. The van der Waals surface area contributed by atoms with Crippen LogP contribution in [0.25, 0.3) is 0 Å². The largest absolute Gasteiger partial charge is 0.366 e. The molecule has 2 aromatic heterocycles. The van der Waals surface area contributed by atoms with E-state index >= 15 is 0 Å². The fourth-order valence-electron chi connectivity index (χ4n) is 3.38. The van der Waals surface area contributed by atoms with E-state index in [0.717, 1.165) is 69.3 Å². The van der Waals surface area contributed by atoms with Crippen molar-refractivity contribution in [2.45, 2.75) is 26.7 Å². The minimum atomic E-state index is 0.600. The zero-order valence-electron chi connectivity index (χ0n) is 16.0. The van der Waals surface area contributed by atoms with Crippen molar-refractivity contribution in [1.29, 1.82) is 5.26 Å². The first kappa shape index (κ1) is 19.0. The zero-order chi connectivity index (χ0) is 19.1. The lowest BCUT2D eigenvalue weighted by molar-refractivity contribution is 0.266. The Kier molecular flexibility index (Phi) is 6.49. The highest BCUT2D eigenvalue weighted by atomic mass is 15.3. The molecule has 0 atom stereocenters. The molecule has 8 nitrogen and oxygen atoms in total. The van der Waals surface area contributed by atoms with Gasteiger partial charge in [-0.15, -0.1) is 5.10 Å². The molecular formula is C19H26N8. The van der Waals surface area contributed by atoms with Crippen molar-refractivity contribution < 1.29 is 0 Å². The number of aryl methyl sites for hydroxylation is 1. The van der Waals surface area contributed by atoms with Gasteiger partial charge in [-0.1, -0.05) is 13.8 Å². The van der Waals surface area contributed by atoms with Crippen LogP contribution >= 0.6 is 0 Å². The Labute approximate surface area is 160 Å². The highest BCUT2D eigenvalue weighted by Crippen LogP contribution is 2.19. The van der Waals surface area contributed by atoms with E-state index in [4.69, 9.17) is 0 Å². The zero-order valence-corrected chi connectivity index (χ0v) is 16.0. The summed E-state index contributed by atoms with van der Waals surface area (Å²) in [6.07, 6.45) is 5.14. The number of anilines is 2. The van der Waals surface area contributed by atoms with E-state index in [2.05, 4.69) is 48.3 Å². The molecule has 8 heteroatoms. The Bertz CT molecular complexity index is 778. The highest BCUT2D eigenvalue weighted by molar-refractivity contribution is 5.56. The van der Waals surface area contributed by atoms with E-state index in [1.807, 2.05) is 13.0 Å². The van der Waals surface area contributed by atoms with Gasteiger partial charge in [-0.05, 0) is 24.5 Å². The van der Waals surface area contributed by atoms with Crippen molar-refractivity contribution >= 4 is 11.8 Å². The molecule has 0 spiro atoms. The third kappa shape index (κ3) is 4.49. The topological polar surface area (TPSA) is 93.9 Å². The summed E-state index contributed by atoms with van der Waals surface area (Å²) in [6.45, 7) is 9.48. The lowest BCUT2D eigenvalue weighted by atomic mass is 10.0. The van der Waals surface area contributed by atoms with Crippen LogP contribution in [0.1, 0.15) is 30.7 Å². The van der Waals surface area contributed by atoms with Crippen molar-refractivity contribution in [2.24, 2.45) is 0 Å². The molecule has 0 saturated carbocycles. The van der Waals surface area contributed by atoms with E-state index in [0.29, 0.717) is 11.4 Å². The first-order chi connectivity index (χ1) is 13.3. The second kappa shape index (κ2) is 9.24. The normalized spacial score (nSPS) is 14.8. The molecule has 1 N–H and O–H groups in total. The van der Waals surface area contributed by atoms with Gasteiger partial charge >= 0.3 is 0 Å². The van der Waals surface area contributed by atoms with Crippen molar-refractivity contribution in [3.63, 3.8) is 0 Å². The Morgan fingerprint density at radius 2 is 1.81 bits per heavy atom. The van der Waals surface area contributed by atoms with Crippen LogP contribution in [-0.2, 0) is 12.8 Å². The first-order valence-electron chi connectivity index (χ1n) is 9.53. The highest BCUT2D eigenvalue weighted by Gasteiger charge is 2.19.